The highest BCUT2D eigenvalue weighted by molar-refractivity contribution is 6.34. The number of rotatable bonds is 6. The number of hydrogen-bond donors (Lipinski definition) is 4. The number of nitrogens with zero attached hydrogens (tertiary/aromatic N) is 5. The number of nitrogens with one attached hydrogen (secondary N) is 3. The third-order valence-electron chi connectivity index (χ3n) is 6.34. The number of alkyl halides is 3. The number of carbonyl (C=O) groups is 2. The lowest BCUT2D eigenvalue weighted by molar-refractivity contribution is -0.140. The van der Waals surface area contributed by atoms with Gasteiger partial charge in [-0.3, -0.25) is 19.1 Å². The molecule has 4 aromatic rings. The molecule has 0 saturated carbocycles. The Morgan fingerprint density at radius 2 is 2.08 bits per heavy atom. The fourth-order valence-corrected chi connectivity index (χ4v) is 4.69. The van der Waals surface area contributed by atoms with E-state index in [2.05, 4.69) is 30.8 Å². The van der Waals surface area contributed by atoms with Gasteiger partial charge in [0.15, 0.2) is 17.2 Å². The van der Waals surface area contributed by atoms with Crippen LogP contribution in [0.5, 0.6) is 0 Å². The highest BCUT2D eigenvalue weighted by Crippen LogP contribution is 2.36. The summed E-state index contributed by atoms with van der Waals surface area (Å²) in [6.45, 7) is 2.59. The standard InChI is InChI=1S/C24H23ClF3N9O2/c1-12(23(39)36-6-4-13(29)11-36)33-22(38)15-3-2-14(8-17(15)25)34-20-21-31-10-18(37(21)7-5-30-20)16-9-32-35-19(16)24(26,27)28/h2-3,5,7-10,12-13H,4,6,11,29H2,1H3,(H,30,34)(H,32,35)(H,33,38)/t12?,13-/m0/s1. The first kappa shape index (κ1) is 26.4. The molecule has 1 aliphatic heterocycles. The second-order valence-electron chi connectivity index (χ2n) is 9.11. The number of imidazole rings is 1. The molecule has 0 radical (unpaired) electrons. The van der Waals surface area contributed by atoms with E-state index in [1.54, 1.807) is 17.9 Å². The largest absolute Gasteiger partial charge is 0.435 e. The van der Waals surface area contributed by atoms with Gasteiger partial charge >= 0.3 is 6.18 Å². The van der Waals surface area contributed by atoms with Crippen LogP contribution in [-0.4, -0.2) is 66.5 Å². The van der Waals surface area contributed by atoms with Crippen molar-refractivity contribution in [3.8, 4) is 11.3 Å². The molecule has 5 N–H and O–H groups in total. The number of likely N-dealkylation sites (tertiary alicyclic amines) is 1. The van der Waals surface area contributed by atoms with E-state index >= 15 is 0 Å². The van der Waals surface area contributed by atoms with Gasteiger partial charge in [-0.05, 0) is 31.5 Å². The lowest BCUT2D eigenvalue weighted by atomic mass is 10.1. The Hall–Kier alpha value is -4.17. The number of hydrogen-bond acceptors (Lipinski definition) is 7. The Kier molecular flexibility index (Phi) is 6.91. The van der Waals surface area contributed by atoms with Gasteiger partial charge in [-0.2, -0.15) is 18.3 Å². The predicted molar refractivity (Wildman–Crippen MR) is 136 cm³/mol. The fourth-order valence-electron chi connectivity index (χ4n) is 4.42. The molecule has 15 heteroatoms. The number of H-pyrrole nitrogens is 1. The van der Waals surface area contributed by atoms with Gasteiger partial charge in [0.05, 0.1) is 28.0 Å². The summed E-state index contributed by atoms with van der Waals surface area (Å²) in [5.41, 5.74) is 5.68. The lowest BCUT2D eigenvalue weighted by Crippen LogP contribution is -2.46. The summed E-state index contributed by atoms with van der Waals surface area (Å²) in [5, 5.41) is 11.4. The first-order valence-electron chi connectivity index (χ1n) is 11.9. The van der Waals surface area contributed by atoms with Crippen LogP contribution in [0.3, 0.4) is 0 Å². The molecular weight excluding hydrogens is 539 g/mol. The van der Waals surface area contributed by atoms with Gasteiger partial charge in [0, 0.05) is 43.4 Å². The molecule has 4 heterocycles. The zero-order valence-electron chi connectivity index (χ0n) is 20.5. The molecule has 1 aliphatic rings. The van der Waals surface area contributed by atoms with Crippen LogP contribution in [0.2, 0.25) is 5.02 Å². The highest BCUT2D eigenvalue weighted by atomic mass is 35.5. The smallest absolute Gasteiger partial charge is 0.340 e. The van der Waals surface area contributed by atoms with Crippen LogP contribution in [0, 0.1) is 0 Å². The minimum atomic E-state index is -4.65. The molecule has 2 atom stereocenters. The maximum atomic E-state index is 13.4. The van der Waals surface area contributed by atoms with E-state index in [0.717, 1.165) is 6.20 Å². The Morgan fingerprint density at radius 3 is 2.77 bits per heavy atom. The molecule has 0 spiro atoms. The number of benzene rings is 1. The molecule has 1 aromatic carbocycles. The first-order valence-corrected chi connectivity index (χ1v) is 12.3. The highest BCUT2D eigenvalue weighted by Gasteiger charge is 2.37. The molecular formula is C24H23ClF3N9O2. The molecule has 11 nitrogen and oxygen atoms in total. The average molecular weight is 562 g/mol. The van der Waals surface area contributed by atoms with Crippen LogP contribution in [0.4, 0.5) is 24.7 Å². The number of nitrogens with two attached hydrogens (primary N) is 1. The Morgan fingerprint density at radius 1 is 1.28 bits per heavy atom. The third kappa shape index (κ3) is 5.25. The Balaban J connectivity index is 1.33. The van der Waals surface area contributed by atoms with Crippen LogP contribution in [-0.2, 0) is 11.0 Å². The number of carbonyl (C=O) groups excluding carboxylic acids is 2. The monoisotopic (exact) mass is 561 g/mol. The molecule has 1 fully saturated rings. The SMILES string of the molecule is CC(NC(=O)c1ccc(Nc2nccn3c(-c4c[nH]nc4C(F)(F)F)cnc23)cc1Cl)C(=O)N1CC[C@H](N)C1. The molecule has 39 heavy (non-hydrogen) atoms. The second-order valence-corrected chi connectivity index (χ2v) is 9.51. The van der Waals surface area contributed by atoms with Crippen molar-refractivity contribution < 1.29 is 22.8 Å². The van der Waals surface area contributed by atoms with Gasteiger partial charge in [0.2, 0.25) is 5.91 Å². The summed E-state index contributed by atoms with van der Waals surface area (Å²) in [7, 11) is 0. The van der Waals surface area contributed by atoms with Crippen LogP contribution in [0.1, 0.15) is 29.4 Å². The van der Waals surface area contributed by atoms with E-state index in [-0.39, 0.29) is 45.3 Å². The van der Waals surface area contributed by atoms with Gasteiger partial charge in [0.25, 0.3) is 5.91 Å². The zero-order chi connectivity index (χ0) is 27.9. The summed E-state index contributed by atoms with van der Waals surface area (Å²) in [6, 6.07) is 3.74. The Bertz CT molecular complexity index is 1550. The van der Waals surface area contributed by atoms with Crippen molar-refractivity contribution in [2.75, 3.05) is 18.4 Å². The van der Waals surface area contributed by atoms with Crippen molar-refractivity contribution in [2.45, 2.75) is 31.6 Å². The lowest BCUT2D eigenvalue weighted by Gasteiger charge is -2.21. The second kappa shape index (κ2) is 10.2. The van der Waals surface area contributed by atoms with E-state index in [1.807, 2.05) is 0 Å². The number of halogens is 4. The minimum Gasteiger partial charge on any atom is -0.340 e. The molecule has 1 saturated heterocycles. The number of anilines is 2. The van der Waals surface area contributed by atoms with Crippen molar-refractivity contribution in [1.82, 2.24) is 34.8 Å². The molecule has 0 bridgehead atoms. The molecule has 204 valence electrons. The fraction of sp³-hybridized carbons (Fsp3) is 0.292. The quantitative estimate of drug-likeness (QED) is 0.283. The minimum absolute atomic E-state index is 0.0664. The number of aromatic amines is 1. The molecule has 1 unspecified atom stereocenters. The van der Waals surface area contributed by atoms with Crippen molar-refractivity contribution in [3.05, 3.63) is 59.3 Å². The maximum absolute atomic E-state index is 13.4. The van der Waals surface area contributed by atoms with Crippen molar-refractivity contribution in [3.63, 3.8) is 0 Å². The number of amides is 2. The van der Waals surface area contributed by atoms with Crippen molar-refractivity contribution in [1.29, 1.82) is 0 Å². The molecule has 2 amide bonds. The molecule has 5 rings (SSSR count). The topological polar surface area (TPSA) is 146 Å². The summed E-state index contributed by atoms with van der Waals surface area (Å²) in [4.78, 5) is 35.5. The molecule has 0 aliphatic carbocycles. The van der Waals surface area contributed by atoms with Gasteiger partial charge in [-0.25, -0.2) is 9.97 Å². The van der Waals surface area contributed by atoms with Crippen LogP contribution >= 0.6 is 11.6 Å². The van der Waals surface area contributed by atoms with Gasteiger partial charge in [-0.15, -0.1) is 0 Å². The molecule has 3 aromatic heterocycles. The van der Waals surface area contributed by atoms with E-state index in [0.29, 0.717) is 25.2 Å². The predicted octanol–water partition coefficient (Wildman–Crippen LogP) is 3.21. The van der Waals surface area contributed by atoms with Crippen LogP contribution in [0.15, 0.2) is 43.0 Å². The Labute approximate surface area is 224 Å². The van der Waals surface area contributed by atoms with E-state index in [4.69, 9.17) is 17.3 Å². The van der Waals surface area contributed by atoms with Crippen LogP contribution < -0.4 is 16.4 Å². The average Bonchev–Trinajstić information content (AvgIpc) is 3.62. The van der Waals surface area contributed by atoms with Gasteiger partial charge < -0.3 is 21.3 Å². The number of fused-ring (bicyclic) bond motifs is 1. The normalized spacial score (nSPS) is 16.5. The summed E-state index contributed by atoms with van der Waals surface area (Å²) in [6.07, 6.45) is 1.40. The zero-order valence-corrected chi connectivity index (χ0v) is 21.2. The van der Waals surface area contributed by atoms with Crippen molar-refractivity contribution >= 4 is 40.6 Å². The summed E-state index contributed by atoms with van der Waals surface area (Å²) < 4.78 is 41.5. The van der Waals surface area contributed by atoms with E-state index in [9.17, 15) is 22.8 Å². The first-order chi connectivity index (χ1) is 18.5. The maximum Gasteiger partial charge on any atom is 0.435 e. The van der Waals surface area contributed by atoms with Crippen molar-refractivity contribution in [2.24, 2.45) is 5.73 Å². The summed E-state index contributed by atoms with van der Waals surface area (Å²) in [5.74, 6) is -0.492. The van der Waals surface area contributed by atoms with E-state index in [1.165, 1.54) is 35.1 Å². The van der Waals surface area contributed by atoms with E-state index < -0.39 is 23.8 Å². The van der Waals surface area contributed by atoms with Crippen LogP contribution in [0.25, 0.3) is 16.9 Å². The van der Waals surface area contributed by atoms with Gasteiger partial charge in [-0.1, -0.05) is 11.6 Å². The van der Waals surface area contributed by atoms with Gasteiger partial charge in [0.1, 0.15) is 6.04 Å². The number of aromatic nitrogens is 5. The summed E-state index contributed by atoms with van der Waals surface area (Å²) >= 11 is 6.38. The third-order valence-corrected chi connectivity index (χ3v) is 6.66.